The molecule has 0 saturated carbocycles. The number of fused-ring (bicyclic) bond motifs is 1. The highest BCUT2D eigenvalue weighted by atomic mass is 35.5. The highest BCUT2D eigenvalue weighted by molar-refractivity contribution is 6.03. The van der Waals surface area contributed by atoms with Crippen LogP contribution in [0.2, 0.25) is 0 Å². The standard InChI is InChI=1S/C22H21FN6O.ClH/c1-13(2)29(3)22-27-17-9-8-16(10-18(17)28-22)26-21(30)20-12-24-19(11-25-20)14-4-6-15(23)7-5-14;/h4-13H,1-3H3,(H,26,30)(H,27,28);1H. The summed E-state index contributed by atoms with van der Waals surface area (Å²) in [5.74, 6) is 0.0807. The van der Waals surface area contributed by atoms with Gasteiger partial charge in [-0.05, 0) is 56.3 Å². The number of nitrogens with one attached hydrogen (secondary N) is 2. The molecule has 31 heavy (non-hydrogen) atoms. The molecule has 0 aliphatic rings. The fourth-order valence-corrected chi connectivity index (χ4v) is 2.90. The molecular weight excluding hydrogens is 419 g/mol. The summed E-state index contributed by atoms with van der Waals surface area (Å²) in [5.41, 5.74) is 3.74. The number of aromatic nitrogens is 4. The normalized spacial score (nSPS) is 10.7. The number of aromatic amines is 1. The largest absolute Gasteiger partial charge is 0.343 e. The van der Waals surface area contributed by atoms with E-state index in [2.05, 4.69) is 39.1 Å². The third-order valence-electron chi connectivity index (χ3n) is 4.86. The fourth-order valence-electron chi connectivity index (χ4n) is 2.90. The molecular formula is C22H22ClFN6O. The van der Waals surface area contributed by atoms with Gasteiger partial charge >= 0.3 is 0 Å². The molecule has 7 nitrogen and oxygen atoms in total. The Morgan fingerprint density at radius 1 is 1.10 bits per heavy atom. The molecule has 0 atom stereocenters. The second-order valence-corrected chi connectivity index (χ2v) is 7.24. The second kappa shape index (κ2) is 9.09. The number of amides is 1. The van der Waals surface area contributed by atoms with Gasteiger partial charge in [0.2, 0.25) is 5.95 Å². The van der Waals surface area contributed by atoms with Gasteiger partial charge in [-0.15, -0.1) is 12.4 Å². The van der Waals surface area contributed by atoms with Crippen LogP contribution >= 0.6 is 12.4 Å². The lowest BCUT2D eigenvalue weighted by Gasteiger charge is -2.19. The summed E-state index contributed by atoms with van der Waals surface area (Å²) in [7, 11) is 1.97. The molecule has 2 N–H and O–H groups in total. The molecule has 0 bridgehead atoms. The predicted molar refractivity (Wildman–Crippen MR) is 122 cm³/mol. The van der Waals surface area contributed by atoms with E-state index in [0.717, 1.165) is 22.5 Å². The van der Waals surface area contributed by atoms with Crippen LogP contribution in [0.5, 0.6) is 0 Å². The third-order valence-corrected chi connectivity index (χ3v) is 4.86. The highest BCUT2D eigenvalue weighted by Crippen LogP contribution is 2.22. The zero-order valence-corrected chi connectivity index (χ0v) is 18.1. The van der Waals surface area contributed by atoms with E-state index in [-0.39, 0.29) is 29.8 Å². The van der Waals surface area contributed by atoms with E-state index in [1.807, 2.05) is 24.1 Å². The lowest BCUT2D eigenvalue weighted by atomic mass is 10.1. The first-order chi connectivity index (χ1) is 14.4. The molecule has 2 heterocycles. The fraction of sp³-hybridized carbons (Fsp3) is 0.182. The molecule has 0 aliphatic carbocycles. The molecule has 9 heteroatoms. The lowest BCUT2D eigenvalue weighted by Crippen LogP contribution is -2.26. The van der Waals surface area contributed by atoms with Crippen molar-refractivity contribution in [2.24, 2.45) is 0 Å². The van der Waals surface area contributed by atoms with Crippen LogP contribution in [0.15, 0.2) is 54.9 Å². The number of hydrogen-bond donors (Lipinski definition) is 2. The summed E-state index contributed by atoms with van der Waals surface area (Å²) < 4.78 is 13.1. The average molecular weight is 441 g/mol. The Morgan fingerprint density at radius 2 is 1.84 bits per heavy atom. The lowest BCUT2D eigenvalue weighted by molar-refractivity contribution is 0.102. The summed E-state index contributed by atoms with van der Waals surface area (Å²) >= 11 is 0. The van der Waals surface area contributed by atoms with Gasteiger partial charge in [-0.2, -0.15) is 0 Å². The monoisotopic (exact) mass is 440 g/mol. The Bertz CT molecular complexity index is 1190. The van der Waals surface area contributed by atoms with Gasteiger partial charge in [0.05, 0.1) is 29.1 Å². The van der Waals surface area contributed by atoms with E-state index < -0.39 is 0 Å². The third kappa shape index (κ3) is 4.80. The molecule has 1 amide bonds. The number of nitrogens with zero attached hydrogens (tertiary/aromatic N) is 4. The maximum atomic E-state index is 13.1. The number of carbonyl (C=O) groups is 1. The van der Waals surface area contributed by atoms with Gasteiger partial charge in [-0.1, -0.05) is 0 Å². The molecule has 2 aromatic carbocycles. The topological polar surface area (TPSA) is 86.8 Å². The van der Waals surface area contributed by atoms with Crippen molar-refractivity contribution in [3.05, 3.63) is 66.4 Å². The van der Waals surface area contributed by atoms with Crippen molar-refractivity contribution in [2.75, 3.05) is 17.3 Å². The van der Waals surface area contributed by atoms with E-state index in [1.54, 1.807) is 18.2 Å². The minimum atomic E-state index is -0.369. The van der Waals surface area contributed by atoms with Crippen LogP contribution in [0.25, 0.3) is 22.3 Å². The quantitative estimate of drug-likeness (QED) is 0.470. The average Bonchev–Trinajstić information content (AvgIpc) is 3.17. The van der Waals surface area contributed by atoms with E-state index >= 15 is 0 Å². The van der Waals surface area contributed by atoms with Crippen molar-refractivity contribution in [1.29, 1.82) is 0 Å². The van der Waals surface area contributed by atoms with Gasteiger partial charge < -0.3 is 15.2 Å². The van der Waals surface area contributed by atoms with Gasteiger partial charge in [0, 0.05) is 24.3 Å². The Kier molecular flexibility index (Phi) is 6.50. The van der Waals surface area contributed by atoms with E-state index in [1.165, 1.54) is 24.5 Å². The summed E-state index contributed by atoms with van der Waals surface area (Å²) in [6.45, 7) is 4.17. The Balaban J connectivity index is 0.00000272. The Labute approximate surface area is 185 Å². The van der Waals surface area contributed by atoms with Crippen molar-refractivity contribution in [2.45, 2.75) is 19.9 Å². The van der Waals surface area contributed by atoms with Crippen LogP contribution in [0.4, 0.5) is 16.0 Å². The Morgan fingerprint density at radius 3 is 2.48 bits per heavy atom. The van der Waals surface area contributed by atoms with Crippen LogP contribution < -0.4 is 10.2 Å². The minimum Gasteiger partial charge on any atom is -0.343 e. The van der Waals surface area contributed by atoms with Gasteiger partial charge in [0.15, 0.2) is 0 Å². The summed E-state index contributed by atoms with van der Waals surface area (Å²) in [6, 6.07) is 11.7. The summed E-state index contributed by atoms with van der Waals surface area (Å²) in [4.78, 5) is 30.9. The molecule has 0 fully saturated rings. The number of H-pyrrole nitrogens is 1. The first-order valence-corrected chi connectivity index (χ1v) is 9.52. The zero-order valence-electron chi connectivity index (χ0n) is 17.3. The number of benzene rings is 2. The number of anilines is 2. The molecule has 160 valence electrons. The maximum absolute atomic E-state index is 13.1. The van der Waals surface area contributed by atoms with Crippen molar-refractivity contribution in [3.63, 3.8) is 0 Å². The maximum Gasteiger partial charge on any atom is 0.275 e. The summed E-state index contributed by atoms with van der Waals surface area (Å²) in [5, 5.41) is 2.83. The molecule has 0 spiro atoms. The molecule has 4 rings (SSSR count). The molecule has 4 aromatic rings. The molecule has 0 radical (unpaired) electrons. The van der Waals surface area contributed by atoms with Crippen LogP contribution in [0, 0.1) is 5.82 Å². The molecule has 0 unspecified atom stereocenters. The van der Waals surface area contributed by atoms with Crippen LogP contribution in [-0.2, 0) is 0 Å². The van der Waals surface area contributed by atoms with Gasteiger partial charge in [-0.3, -0.25) is 9.78 Å². The molecule has 2 aromatic heterocycles. The van der Waals surface area contributed by atoms with Crippen LogP contribution in [0.1, 0.15) is 24.3 Å². The number of rotatable bonds is 5. The number of carbonyl (C=O) groups excluding carboxylic acids is 1. The van der Waals surface area contributed by atoms with E-state index in [4.69, 9.17) is 0 Å². The zero-order chi connectivity index (χ0) is 21.3. The first-order valence-electron chi connectivity index (χ1n) is 9.52. The number of hydrogen-bond acceptors (Lipinski definition) is 5. The van der Waals surface area contributed by atoms with Crippen LogP contribution in [0.3, 0.4) is 0 Å². The Hall–Kier alpha value is -3.52. The summed E-state index contributed by atoms with van der Waals surface area (Å²) in [6.07, 6.45) is 2.90. The smallest absolute Gasteiger partial charge is 0.275 e. The van der Waals surface area contributed by atoms with Gasteiger partial charge in [0.25, 0.3) is 5.91 Å². The van der Waals surface area contributed by atoms with Crippen LogP contribution in [-0.4, -0.2) is 38.9 Å². The predicted octanol–water partition coefficient (Wildman–Crippen LogP) is 4.68. The molecule has 0 saturated heterocycles. The van der Waals surface area contributed by atoms with Gasteiger partial charge in [-0.25, -0.2) is 14.4 Å². The van der Waals surface area contributed by atoms with E-state index in [9.17, 15) is 9.18 Å². The highest BCUT2D eigenvalue weighted by Gasteiger charge is 2.13. The molecule has 0 aliphatic heterocycles. The van der Waals surface area contributed by atoms with Crippen molar-refractivity contribution in [3.8, 4) is 11.3 Å². The van der Waals surface area contributed by atoms with Gasteiger partial charge in [0.1, 0.15) is 11.5 Å². The minimum absolute atomic E-state index is 0. The van der Waals surface area contributed by atoms with Crippen molar-refractivity contribution < 1.29 is 9.18 Å². The number of imidazole rings is 1. The first kappa shape index (κ1) is 22.2. The van der Waals surface area contributed by atoms with E-state index in [0.29, 0.717) is 17.4 Å². The van der Waals surface area contributed by atoms with Crippen molar-refractivity contribution >= 4 is 41.0 Å². The SMILES string of the molecule is CC(C)N(C)c1nc2ccc(NC(=O)c3cnc(-c4ccc(F)cc4)cn3)cc2[nH]1.Cl. The second-order valence-electron chi connectivity index (χ2n) is 7.24. The van der Waals surface area contributed by atoms with Crippen molar-refractivity contribution in [1.82, 2.24) is 19.9 Å². The number of halogens is 2.